The molecule has 1 aliphatic heterocycles. The predicted octanol–water partition coefficient (Wildman–Crippen LogP) is 3.46. The fraction of sp³-hybridized carbons (Fsp3) is 0.200. The maximum absolute atomic E-state index is 10.9. The van der Waals surface area contributed by atoms with Crippen LogP contribution in [0.5, 0.6) is 0 Å². The summed E-state index contributed by atoms with van der Waals surface area (Å²) in [6.45, 7) is 2.47. The number of rotatable bonds is 7. The minimum absolute atomic E-state index is 0.0156. The average molecular weight is 455 g/mol. The van der Waals surface area contributed by atoms with Crippen molar-refractivity contribution in [3.05, 3.63) is 69.2 Å². The maximum Gasteiger partial charge on any atom is 0.270 e. The molecule has 0 saturated carbocycles. The highest BCUT2D eigenvalue weighted by Gasteiger charge is 2.16. The SMILES string of the molecule is O=[N+]([O-])c1cccc(/C=N\Nc2nc(Nc3ccc(Cl)cc3)nc(N3CCOCC3)n2)c1. The van der Waals surface area contributed by atoms with Crippen LogP contribution < -0.4 is 15.6 Å². The second-order valence-electron chi connectivity index (χ2n) is 6.74. The zero-order valence-electron chi connectivity index (χ0n) is 16.8. The van der Waals surface area contributed by atoms with Crippen molar-refractivity contribution in [1.82, 2.24) is 15.0 Å². The number of non-ortho nitro benzene ring substituents is 1. The third kappa shape index (κ3) is 5.65. The zero-order chi connectivity index (χ0) is 22.3. The summed E-state index contributed by atoms with van der Waals surface area (Å²) in [5.74, 6) is 1.03. The van der Waals surface area contributed by atoms with Crippen LogP contribution in [0.4, 0.5) is 29.2 Å². The molecule has 32 heavy (non-hydrogen) atoms. The number of anilines is 4. The Bertz CT molecular complexity index is 1120. The highest BCUT2D eigenvalue weighted by atomic mass is 35.5. The Labute approximate surface area is 188 Å². The molecule has 11 nitrogen and oxygen atoms in total. The molecule has 1 saturated heterocycles. The molecule has 12 heteroatoms. The van der Waals surface area contributed by atoms with E-state index in [1.807, 2.05) is 17.0 Å². The Morgan fingerprint density at radius 1 is 1.09 bits per heavy atom. The number of hydrazone groups is 1. The van der Waals surface area contributed by atoms with Gasteiger partial charge in [0, 0.05) is 41.5 Å². The van der Waals surface area contributed by atoms with Crippen molar-refractivity contribution in [1.29, 1.82) is 0 Å². The molecule has 0 amide bonds. The second-order valence-corrected chi connectivity index (χ2v) is 7.17. The fourth-order valence-corrected chi connectivity index (χ4v) is 3.05. The van der Waals surface area contributed by atoms with Crippen molar-refractivity contribution >= 4 is 47.0 Å². The first kappa shape index (κ1) is 21.4. The van der Waals surface area contributed by atoms with E-state index in [9.17, 15) is 10.1 Å². The van der Waals surface area contributed by atoms with E-state index in [4.69, 9.17) is 16.3 Å². The molecule has 164 valence electrons. The molecule has 1 fully saturated rings. The number of aromatic nitrogens is 3. The van der Waals surface area contributed by atoms with Gasteiger partial charge in [-0.25, -0.2) is 5.43 Å². The van der Waals surface area contributed by atoms with Gasteiger partial charge in [-0.1, -0.05) is 23.7 Å². The molecular formula is C20H19ClN8O3. The first-order valence-electron chi connectivity index (χ1n) is 9.72. The molecule has 3 aromatic rings. The van der Waals surface area contributed by atoms with Crippen LogP contribution in [0.2, 0.25) is 5.02 Å². The molecular weight excluding hydrogens is 436 g/mol. The quantitative estimate of drug-likeness (QED) is 0.313. The van der Waals surface area contributed by atoms with Gasteiger partial charge in [0.1, 0.15) is 0 Å². The third-order valence-electron chi connectivity index (χ3n) is 4.48. The molecule has 2 N–H and O–H groups in total. The van der Waals surface area contributed by atoms with Crippen LogP contribution in [0.25, 0.3) is 0 Å². The third-order valence-corrected chi connectivity index (χ3v) is 4.73. The lowest BCUT2D eigenvalue weighted by atomic mass is 10.2. The van der Waals surface area contributed by atoms with Gasteiger partial charge >= 0.3 is 0 Å². The summed E-state index contributed by atoms with van der Waals surface area (Å²) in [7, 11) is 0. The number of nitro benzene ring substituents is 1. The summed E-state index contributed by atoms with van der Waals surface area (Å²) in [4.78, 5) is 25.8. The Hall–Kier alpha value is -3.83. The van der Waals surface area contributed by atoms with E-state index in [1.54, 1.807) is 24.3 Å². The fourth-order valence-electron chi connectivity index (χ4n) is 2.92. The smallest absolute Gasteiger partial charge is 0.270 e. The van der Waals surface area contributed by atoms with E-state index >= 15 is 0 Å². The first-order chi connectivity index (χ1) is 15.6. The summed E-state index contributed by atoms with van der Waals surface area (Å²) in [6.07, 6.45) is 1.46. The maximum atomic E-state index is 10.9. The number of hydrogen-bond acceptors (Lipinski definition) is 10. The van der Waals surface area contributed by atoms with Crippen molar-refractivity contribution in [2.45, 2.75) is 0 Å². The molecule has 0 unspecified atom stereocenters. The van der Waals surface area contributed by atoms with Crippen molar-refractivity contribution in [2.24, 2.45) is 5.10 Å². The zero-order valence-corrected chi connectivity index (χ0v) is 17.6. The van der Waals surface area contributed by atoms with Gasteiger partial charge in [-0.3, -0.25) is 10.1 Å². The van der Waals surface area contributed by atoms with E-state index in [-0.39, 0.29) is 11.6 Å². The first-order valence-corrected chi connectivity index (χ1v) is 10.1. The number of halogens is 1. The number of nitro groups is 1. The van der Waals surface area contributed by atoms with E-state index in [1.165, 1.54) is 18.3 Å². The molecule has 4 rings (SSSR count). The lowest BCUT2D eigenvalue weighted by Gasteiger charge is -2.27. The molecule has 1 aromatic heterocycles. The summed E-state index contributed by atoms with van der Waals surface area (Å²) in [5, 5.41) is 18.8. The Balaban J connectivity index is 1.56. The molecule has 0 radical (unpaired) electrons. The number of nitrogens with zero attached hydrogens (tertiary/aromatic N) is 6. The second kappa shape index (κ2) is 9.98. The van der Waals surface area contributed by atoms with Crippen molar-refractivity contribution in [3.63, 3.8) is 0 Å². The number of nitrogens with one attached hydrogen (secondary N) is 2. The van der Waals surface area contributed by atoms with Gasteiger partial charge in [-0.15, -0.1) is 0 Å². The minimum atomic E-state index is -0.458. The summed E-state index contributed by atoms with van der Waals surface area (Å²) in [6, 6.07) is 13.3. The number of hydrogen-bond donors (Lipinski definition) is 2. The summed E-state index contributed by atoms with van der Waals surface area (Å²) < 4.78 is 5.40. The van der Waals surface area contributed by atoms with Gasteiger partial charge in [0.2, 0.25) is 17.8 Å². The van der Waals surface area contributed by atoms with Crippen LogP contribution in [0, 0.1) is 10.1 Å². The molecule has 0 atom stereocenters. The van der Waals surface area contributed by atoms with Gasteiger partial charge in [0.25, 0.3) is 5.69 Å². The average Bonchev–Trinajstić information content (AvgIpc) is 2.81. The lowest BCUT2D eigenvalue weighted by Crippen LogP contribution is -2.37. The van der Waals surface area contributed by atoms with Crippen LogP contribution in [0.3, 0.4) is 0 Å². The van der Waals surface area contributed by atoms with E-state index in [0.29, 0.717) is 48.8 Å². The Morgan fingerprint density at radius 2 is 1.84 bits per heavy atom. The van der Waals surface area contributed by atoms with E-state index in [0.717, 1.165) is 5.69 Å². The van der Waals surface area contributed by atoms with E-state index < -0.39 is 4.92 Å². The predicted molar refractivity (Wildman–Crippen MR) is 122 cm³/mol. The van der Waals surface area contributed by atoms with Gasteiger partial charge in [-0.2, -0.15) is 20.1 Å². The van der Waals surface area contributed by atoms with Gasteiger partial charge < -0.3 is 15.0 Å². The highest BCUT2D eigenvalue weighted by Crippen LogP contribution is 2.20. The van der Waals surface area contributed by atoms with E-state index in [2.05, 4.69) is 30.8 Å². The molecule has 2 heterocycles. The molecule has 0 bridgehead atoms. The summed E-state index contributed by atoms with van der Waals surface area (Å²) in [5.41, 5.74) is 4.09. The minimum Gasteiger partial charge on any atom is -0.378 e. The molecule has 0 aliphatic carbocycles. The van der Waals surface area contributed by atoms with Crippen LogP contribution in [-0.2, 0) is 4.74 Å². The standard InChI is InChI=1S/C20H19ClN8O3/c21-15-4-6-16(7-5-15)23-18-24-19(26-20(25-18)28-8-10-32-11-9-28)27-22-13-14-2-1-3-17(12-14)29(30)31/h1-7,12-13H,8-11H2,(H2,23,24,25,26,27)/b22-13-. The topological polar surface area (TPSA) is 131 Å². The lowest BCUT2D eigenvalue weighted by molar-refractivity contribution is -0.384. The number of morpholine rings is 1. The Kier molecular flexibility index (Phi) is 6.68. The largest absolute Gasteiger partial charge is 0.378 e. The van der Waals surface area contributed by atoms with Crippen LogP contribution in [0.15, 0.2) is 53.6 Å². The Morgan fingerprint density at radius 3 is 2.59 bits per heavy atom. The normalized spacial score (nSPS) is 13.8. The van der Waals surface area contributed by atoms with Crippen molar-refractivity contribution in [2.75, 3.05) is 41.9 Å². The van der Waals surface area contributed by atoms with Crippen LogP contribution >= 0.6 is 11.6 Å². The number of ether oxygens (including phenoxy) is 1. The molecule has 2 aromatic carbocycles. The van der Waals surface area contributed by atoms with Crippen LogP contribution in [-0.4, -0.2) is 52.4 Å². The molecule has 0 spiro atoms. The van der Waals surface area contributed by atoms with Gasteiger partial charge in [0.05, 0.1) is 24.4 Å². The van der Waals surface area contributed by atoms with Gasteiger partial charge in [-0.05, 0) is 24.3 Å². The van der Waals surface area contributed by atoms with Crippen molar-refractivity contribution in [3.8, 4) is 0 Å². The highest BCUT2D eigenvalue weighted by molar-refractivity contribution is 6.30. The summed E-state index contributed by atoms with van der Waals surface area (Å²) >= 11 is 5.95. The monoisotopic (exact) mass is 454 g/mol. The number of benzene rings is 2. The van der Waals surface area contributed by atoms with Crippen LogP contribution in [0.1, 0.15) is 5.56 Å². The molecule has 1 aliphatic rings. The van der Waals surface area contributed by atoms with Gasteiger partial charge in [0.15, 0.2) is 0 Å². The van der Waals surface area contributed by atoms with Crippen molar-refractivity contribution < 1.29 is 9.66 Å².